The smallest absolute Gasteiger partial charge is 0.244 e. The van der Waals surface area contributed by atoms with Crippen LogP contribution in [-0.4, -0.2) is 33.3 Å². The van der Waals surface area contributed by atoms with Crippen LogP contribution in [0.3, 0.4) is 0 Å². The zero-order valence-electron chi connectivity index (χ0n) is 11.1. The van der Waals surface area contributed by atoms with Gasteiger partial charge >= 0.3 is 0 Å². The van der Waals surface area contributed by atoms with E-state index in [9.17, 15) is 4.79 Å². The predicted octanol–water partition coefficient (Wildman–Crippen LogP) is 2.62. The molecule has 0 heterocycles. The van der Waals surface area contributed by atoms with Crippen LogP contribution in [0.1, 0.15) is 12.0 Å². The minimum absolute atomic E-state index is 0.127. The molecule has 1 aromatic carbocycles. The van der Waals surface area contributed by atoms with E-state index in [4.69, 9.17) is 9.47 Å². The molecule has 1 amide bonds. The number of rotatable bonds is 7. The monoisotopic (exact) mass is 327 g/mol. The summed E-state index contributed by atoms with van der Waals surface area (Å²) in [6.07, 6.45) is 4.03. The molecule has 1 aromatic rings. The summed E-state index contributed by atoms with van der Waals surface area (Å²) in [5, 5.41) is 2.78. The lowest BCUT2D eigenvalue weighted by Gasteiger charge is -2.05. The van der Waals surface area contributed by atoms with Gasteiger partial charge in [0.2, 0.25) is 5.91 Å². The molecule has 0 saturated heterocycles. The Balaban J connectivity index is 2.55. The summed E-state index contributed by atoms with van der Waals surface area (Å²) in [7, 11) is 3.24. The van der Waals surface area contributed by atoms with Crippen molar-refractivity contribution in [1.29, 1.82) is 0 Å². The van der Waals surface area contributed by atoms with Gasteiger partial charge in [0.05, 0.1) is 7.11 Å². The van der Waals surface area contributed by atoms with E-state index in [1.807, 2.05) is 18.2 Å². The van der Waals surface area contributed by atoms with Gasteiger partial charge in [-0.2, -0.15) is 0 Å². The van der Waals surface area contributed by atoms with E-state index in [0.717, 1.165) is 22.2 Å². The largest absolute Gasteiger partial charge is 0.496 e. The van der Waals surface area contributed by atoms with Crippen LogP contribution in [0.2, 0.25) is 0 Å². The van der Waals surface area contributed by atoms with Gasteiger partial charge in [-0.1, -0.05) is 15.9 Å². The molecule has 0 spiro atoms. The van der Waals surface area contributed by atoms with Gasteiger partial charge < -0.3 is 14.8 Å². The molecule has 0 atom stereocenters. The van der Waals surface area contributed by atoms with E-state index >= 15 is 0 Å². The summed E-state index contributed by atoms with van der Waals surface area (Å²) in [4.78, 5) is 11.6. The summed E-state index contributed by atoms with van der Waals surface area (Å²) in [5.41, 5.74) is 0.851. The van der Waals surface area contributed by atoms with Crippen molar-refractivity contribution in [2.24, 2.45) is 0 Å². The molecule has 5 heteroatoms. The molecule has 19 heavy (non-hydrogen) atoms. The molecule has 4 nitrogen and oxygen atoms in total. The van der Waals surface area contributed by atoms with E-state index in [1.165, 1.54) is 6.08 Å². The van der Waals surface area contributed by atoms with Crippen molar-refractivity contribution in [2.45, 2.75) is 6.42 Å². The second kappa shape index (κ2) is 8.72. The summed E-state index contributed by atoms with van der Waals surface area (Å²) in [6, 6.07) is 5.63. The molecule has 0 aromatic heterocycles. The lowest BCUT2D eigenvalue weighted by atomic mass is 10.2. The number of benzene rings is 1. The van der Waals surface area contributed by atoms with Gasteiger partial charge in [0.1, 0.15) is 5.75 Å². The average Bonchev–Trinajstić information content (AvgIpc) is 2.41. The number of nitrogens with one attached hydrogen (secondary N) is 1. The molecular formula is C14H18BrNO3. The molecule has 0 aliphatic heterocycles. The molecule has 0 bridgehead atoms. The predicted molar refractivity (Wildman–Crippen MR) is 79.2 cm³/mol. The van der Waals surface area contributed by atoms with E-state index in [0.29, 0.717) is 13.2 Å². The maximum absolute atomic E-state index is 11.6. The van der Waals surface area contributed by atoms with Crippen molar-refractivity contribution in [3.8, 4) is 5.75 Å². The summed E-state index contributed by atoms with van der Waals surface area (Å²) >= 11 is 3.39. The van der Waals surface area contributed by atoms with Gasteiger partial charge in [-0.3, -0.25) is 4.79 Å². The van der Waals surface area contributed by atoms with Crippen molar-refractivity contribution in [3.05, 3.63) is 34.3 Å². The molecule has 0 radical (unpaired) electrons. The fourth-order valence-corrected chi connectivity index (χ4v) is 1.87. The topological polar surface area (TPSA) is 47.6 Å². The maximum Gasteiger partial charge on any atom is 0.244 e. The molecule has 1 rings (SSSR count). The minimum atomic E-state index is -0.127. The number of hydrogen-bond donors (Lipinski definition) is 1. The lowest BCUT2D eigenvalue weighted by molar-refractivity contribution is -0.116. The van der Waals surface area contributed by atoms with Gasteiger partial charge in [0.25, 0.3) is 0 Å². The third kappa shape index (κ3) is 5.89. The Morgan fingerprint density at radius 3 is 2.89 bits per heavy atom. The summed E-state index contributed by atoms with van der Waals surface area (Å²) in [6.45, 7) is 1.25. The molecule has 0 unspecified atom stereocenters. The molecule has 1 N–H and O–H groups in total. The van der Waals surface area contributed by atoms with Crippen molar-refractivity contribution in [1.82, 2.24) is 5.32 Å². The summed E-state index contributed by atoms with van der Waals surface area (Å²) < 4.78 is 11.1. The van der Waals surface area contributed by atoms with E-state index < -0.39 is 0 Å². The van der Waals surface area contributed by atoms with Crippen LogP contribution in [0.25, 0.3) is 6.08 Å². The van der Waals surface area contributed by atoms with E-state index in [2.05, 4.69) is 21.2 Å². The first-order valence-corrected chi connectivity index (χ1v) is 6.75. The number of carbonyl (C=O) groups is 1. The second-order valence-electron chi connectivity index (χ2n) is 3.86. The highest BCUT2D eigenvalue weighted by Gasteiger charge is 2.01. The highest BCUT2D eigenvalue weighted by atomic mass is 79.9. The molecule has 0 aliphatic carbocycles. The summed E-state index contributed by atoms with van der Waals surface area (Å²) in [5.74, 6) is 0.602. The van der Waals surface area contributed by atoms with Crippen molar-refractivity contribution in [3.63, 3.8) is 0 Å². The van der Waals surface area contributed by atoms with E-state index in [1.54, 1.807) is 20.3 Å². The van der Waals surface area contributed by atoms with Crippen molar-refractivity contribution < 1.29 is 14.3 Å². The lowest BCUT2D eigenvalue weighted by Crippen LogP contribution is -2.22. The van der Waals surface area contributed by atoms with Gasteiger partial charge in [-0.25, -0.2) is 0 Å². The van der Waals surface area contributed by atoms with Gasteiger partial charge in [-0.15, -0.1) is 0 Å². The van der Waals surface area contributed by atoms with Crippen LogP contribution in [0, 0.1) is 0 Å². The quantitative estimate of drug-likeness (QED) is 0.618. The zero-order valence-corrected chi connectivity index (χ0v) is 12.7. The Bertz CT molecular complexity index is 446. The third-order valence-electron chi connectivity index (χ3n) is 2.43. The second-order valence-corrected chi connectivity index (χ2v) is 4.77. The Morgan fingerprint density at radius 2 is 2.21 bits per heavy atom. The van der Waals surface area contributed by atoms with Crippen LogP contribution >= 0.6 is 15.9 Å². The molecule has 0 aliphatic rings. The number of ether oxygens (including phenoxy) is 2. The van der Waals surface area contributed by atoms with Crippen molar-refractivity contribution in [2.75, 3.05) is 27.4 Å². The SMILES string of the molecule is COCCCNC(=O)/C=C/c1cc(Br)ccc1OC. The van der Waals surface area contributed by atoms with Crippen LogP contribution in [-0.2, 0) is 9.53 Å². The van der Waals surface area contributed by atoms with Crippen LogP contribution in [0.4, 0.5) is 0 Å². The average molecular weight is 328 g/mol. The number of methoxy groups -OCH3 is 2. The normalized spacial score (nSPS) is 10.7. The minimum Gasteiger partial charge on any atom is -0.496 e. The van der Waals surface area contributed by atoms with E-state index in [-0.39, 0.29) is 5.91 Å². The van der Waals surface area contributed by atoms with Gasteiger partial charge in [-0.05, 0) is 30.7 Å². The number of hydrogen-bond acceptors (Lipinski definition) is 3. The van der Waals surface area contributed by atoms with Crippen molar-refractivity contribution >= 4 is 27.9 Å². The highest BCUT2D eigenvalue weighted by Crippen LogP contribution is 2.23. The van der Waals surface area contributed by atoms with Gasteiger partial charge in [0, 0.05) is 36.4 Å². The first-order valence-electron chi connectivity index (χ1n) is 5.95. The van der Waals surface area contributed by atoms with Crippen LogP contribution < -0.4 is 10.1 Å². The maximum atomic E-state index is 11.6. The molecular weight excluding hydrogens is 310 g/mol. The fraction of sp³-hybridized carbons (Fsp3) is 0.357. The van der Waals surface area contributed by atoms with Crippen LogP contribution in [0.5, 0.6) is 5.75 Å². The standard InChI is InChI=1S/C14H18BrNO3/c1-18-9-3-8-16-14(17)7-4-11-10-12(15)5-6-13(11)19-2/h4-7,10H,3,8-9H2,1-2H3,(H,16,17)/b7-4+. The Labute approximate surface area is 121 Å². The fourth-order valence-electron chi connectivity index (χ4n) is 1.49. The Kier molecular flexibility index (Phi) is 7.22. The Morgan fingerprint density at radius 1 is 1.42 bits per heavy atom. The zero-order chi connectivity index (χ0) is 14.1. The number of carbonyl (C=O) groups excluding carboxylic acids is 1. The first kappa shape index (κ1) is 15.7. The molecule has 0 fully saturated rings. The first-order chi connectivity index (χ1) is 9.17. The van der Waals surface area contributed by atoms with Crippen LogP contribution in [0.15, 0.2) is 28.7 Å². The number of amides is 1. The highest BCUT2D eigenvalue weighted by molar-refractivity contribution is 9.10. The molecule has 104 valence electrons. The molecule has 0 saturated carbocycles. The number of halogens is 1. The van der Waals surface area contributed by atoms with Gasteiger partial charge in [0.15, 0.2) is 0 Å². The third-order valence-corrected chi connectivity index (χ3v) is 2.92. The Hall–Kier alpha value is -1.33.